The second kappa shape index (κ2) is 10.2. The van der Waals surface area contributed by atoms with Gasteiger partial charge in [-0.2, -0.15) is 0 Å². The van der Waals surface area contributed by atoms with Crippen LogP contribution in [0.2, 0.25) is 0 Å². The van der Waals surface area contributed by atoms with Gasteiger partial charge in [0, 0.05) is 6.42 Å². The molecule has 0 aliphatic rings. The highest BCUT2D eigenvalue weighted by atomic mass is 16.6. The number of esters is 3. The van der Waals surface area contributed by atoms with Gasteiger partial charge in [0.05, 0.1) is 11.3 Å². The van der Waals surface area contributed by atoms with Crippen LogP contribution in [0.15, 0.2) is 0 Å². The fraction of sp³-hybridized carbons (Fsp3) is 0.824. The van der Waals surface area contributed by atoms with Crippen LogP contribution < -0.4 is 0 Å². The van der Waals surface area contributed by atoms with Crippen molar-refractivity contribution in [3.8, 4) is 0 Å². The van der Waals surface area contributed by atoms with E-state index < -0.39 is 17.5 Å². The van der Waals surface area contributed by atoms with E-state index in [1.165, 1.54) is 0 Å². The average Bonchev–Trinajstić information content (AvgIpc) is 2.55. The lowest BCUT2D eigenvalue weighted by atomic mass is 9.91. The van der Waals surface area contributed by atoms with Crippen LogP contribution in [-0.4, -0.2) is 37.2 Å². The Hall–Kier alpha value is -1.59. The predicted molar refractivity (Wildman–Crippen MR) is 85.6 cm³/mol. The van der Waals surface area contributed by atoms with Crippen molar-refractivity contribution < 1.29 is 28.6 Å². The number of hydrogen-bond donors (Lipinski definition) is 0. The lowest BCUT2D eigenvalue weighted by Crippen LogP contribution is -2.34. The van der Waals surface area contributed by atoms with Crippen molar-refractivity contribution in [2.75, 3.05) is 13.2 Å². The van der Waals surface area contributed by atoms with Gasteiger partial charge in [0.15, 0.2) is 6.10 Å². The van der Waals surface area contributed by atoms with Crippen molar-refractivity contribution >= 4 is 17.9 Å². The average molecular weight is 330 g/mol. The first kappa shape index (κ1) is 21.4. The fourth-order valence-corrected chi connectivity index (χ4v) is 1.38. The number of carbonyl (C=O) groups is 3. The third-order valence-electron chi connectivity index (χ3n) is 3.85. The zero-order valence-electron chi connectivity index (χ0n) is 15.1. The monoisotopic (exact) mass is 330 g/mol. The van der Waals surface area contributed by atoms with E-state index in [9.17, 15) is 14.4 Å². The van der Waals surface area contributed by atoms with Crippen molar-refractivity contribution in [1.82, 2.24) is 0 Å². The quantitative estimate of drug-likeness (QED) is 0.453. The van der Waals surface area contributed by atoms with Crippen LogP contribution in [0.25, 0.3) is 0 Å². The molecule has 0 aromatic carbocycles. The Bertz CT molecular complexity index is 402. The molecule has 0 bridgehead atoms. The molecule has 0 saturated carbocycles. The number of hydrogen-bond acceptors (Lipinski definition) is 6. The first-order valence-corrected chi connectivity index (χ1v) is 8.21. The third kappa shape index (κ3) is 8.00. The molecule has 0 radical (unpaired) electrons. The van der Waals surface area contributed by atoms with E-state index in [0.717, 1.165) is 0 Å². The normalized spacial score (nSPS) is 13.8. The minimum atomic E-state index is -0.785. The standard InChI is InChI=1S/C17H30O6/c1-7-12(4)15(19)21-10-13(23-14(18)8-2)11-22-16(20)17(5,6)9-3/h12-13H,7-11H2,1-6H3. The van der Waals surface area contributed by atoms with E-state index in [2.05, 4.69) is 0 Å². The zero-order chi connectivity index (χ0) is 18.0. The van der Waals surface area contributed by atoms with Gasteiger partial charge in [0.1, 0.15) is 13.2 Å². The van der Waals surface area contributed by atoms with E-state index in [-0.39, 0.29) is 37.5 Å². The summed E-state index contributed by atoms with van der Waals surface area (Å²) in [7, 11) is 0. The zero-order valence-corrected chi connectivity index (χ0v) is 15.1. The Kier molecular flexibility index (Phi) is 9.53. The largest absolute Gasteiger partial charge is 0.461 e. The second-order valence-electron chi connectivity index (χ2n) is 6.24. The maximum atomic E-state index is 12.0. The SMILES string of the molecule is CCC(=O)OC(COC(=O)C(C)CC)COC(=O)C(C)(C)CC. The van der Waals surface area contributed by atoms with Crippen LogP contribution in [0.1, 0.15) is 60.8 Å². The second-order valence-corrected chi connectivity index (χ2v) is 6.24. The van der Waals surface area contributed by atoms with Crippen molar-refractivity contribution in [3.63, 3.8) is 0 Å². The summed E-state index contributed by atoms with van der Waals surface area (Å²) < 4.78 is 15.5. The van der Waals surface area contributed by atoms with Crippen molar-refractivity contribution in [2.24, 2.45) is 11.3 Å². The van der Waals surface area contributed by atoms with E-state index in [0.29, 0.717) is 12.8 Å². The van der Waals surface area contributed by atoms with E-state index >= 15 is 0 Å². The Labute approximate surface area is 138 Å². The lowest BCUT2D eigenvalue weighted by molar-refractivity contribution is -0.171. The van der Waals surface area contributed by atoms with Gasteiger partial charge >= 0.3 is 17.9 Å². The Morgan fingerprint density at radius 2 is 1.57 bits per heavy atom. The molecule has 0 aromatic rings. The van der Waals surface area contributed by atoms with Gasteiger partial charge in [-0.05, 0) is 26.7 Å². The van der Waals surface area contributed by atoms with Gasteiger partial charge in [-0.15, -0.1) is 0 Å². The maximum Gasteiger partial charge on any atom is 0.311 e. The minimum absolute atomic E-state index is 0.116. The summed E-state index contributed by atoms with van der Waals surface area (Å²) in [4.78, 5) is 35.1. The lowest BCUT2D eigenvalue weighted by Gasteiger charge is -2.23. The highest BCUT2D eigenvalue weighted by molar-refractivity contribution is 5.76. The molecule has 6 nitrogen and oxygen atoms in total. The van der Waals surface area contributed by atoms with Crippen LogP contribution >= 0.6 is 0 Å². The van der Waals surface area contributed by atoms with E-state index in [1.54, 1.807) is 27.7 Å². The Morgan fingerprint density at radius 1 is 1.00 bits per heavy atom. The highest BCUT2D eigenvalue weighted by Crippen LogP contribution is 2.21. The summed E-state index contributed by atoms with van der Waals surface area (Å²) in [6.45, 7) is 10.5. The molecule has 23 heavy (non-hydrogen) atoms. The summed E-state index contributed by atoms with van der Waals surface area (Å²) in [5, 5.41) is 0. The van der Waals surface area contributed by atoms with Crippen LogP contribution in [0.3, 0.4) is 0 Å². The molecular weight excluding hydrogens is 300 g/mol. The summed E-state index contributed by atoms with van der Waals surface area (Å²) in [6.07, 6.45) is 0.711. The molecular formula is C17H30O6. The molecule has 0 aliphatic heterocycles. The van der Waals surface area contributed by atoms with Crippen molar-refractivity contribution in [2.45, 2.75) is 66.9 Å². The van der Waals surface area contributed by atoms with Crippen LogP contribution in [0.4, 0.5) is 0 Å². The van der Waals surface area contributed by atoms with Crippen molar-refractivity contribution in [1.29, 1.82) is 0 Å². The van der Waals surface area contributed by atoms with Gasteiger partial charge in [0.25, 0.3) is 0 Å². The summed E-state index contributed by atoms with van der Waals surface area (Å²) in [5.74, 6) is -1.38. The molecule has 0 aromatic heterocycles. The Morgan fingerprint density at radius 3 is 2.04 bits per heavy atom. The molecule has 0 heterocycles. The number of rotatable bonds is 10. The summed E-state index contributed by atoms with van der Waals surface area (Å²) in [5.41, 5.74) is -0.604. The topological polar surface area (TPSA) is 78.9 Å². The molecule has 2 atom stereocenters. The van der Waals surface area contributed by atoms with Gasteiger partial charge in [0.2, 0.25) is 0 Å². The summed E-state index contributed by atoms with van der Waals surface area (Å²) >= 11 is 0. The molecule has 0 saturated heterocycles. The van der Waals surface area contributed by atoms with Crippen molar-refractivity contribution in [3.05, 3.63) is 0 Å². The molecule has 0 rings (SSSR count). The first-order valence-electron chi connectivity index (χ1n) is 8.21. The predicted octanol–water partition coefficient (Wildman–Crippen LogP) is 2.88. The molecule has 2 unspecified atom stereocenters. The molecule has 0 N–H and O–H groups in total. The van der Waals surface area contributed by atoms with E-state index in [4.69, 9.17) is 14.2 Å². The molecule has 0 aliphatic carbocycles. The van der Waals surface area contributed by atoms with Gasteiger partial charge < -0.3 is 14.2 Å². The maximum absolute atomic E-state index is 12.0. The first-order chi connectivity index (χ1) is 10.7. The fourth-order valence-electron chi connectivity index (χ4n) is 1.38. The molecule has 134 valence electrons. The third-order valence-corrected chi connectivity index (χ3v) is 3.85. The Balaban J connectivity index is 4.60. The smallest absolute Gasteiger partial charge is 0.311 e. The molecule has 0 spiro atoms. The molecule has 0 amide bonds. The minimum Gasteiger partial charge on any atom is -0.461 e. The van der Waals surface area contributed by atoms with Crippen LogP contribution in [0.5, 0.6) is 0 Å². The van der Waals surface area contributed by atoms with Gasteiger partial charge in [-0.25, -0.2) is 0 Å². The molecule has 6 heteroatoms. The highest BCUT2D eigenvalue weighted by Gasteiger charge is 2.29. The number of ether oxygens (including phenoxy) is 3. The van der Waals surface area contributed by atoms with Gasteiger partial charge in [-0.1, -0.05) is 27.7 Å². The number of carbonyl (C=O) groups excluding carboxylic acids is 3. The molecule has 0 fully saturated rings. The van der Waals surface area contributed by atoms with Crippen LogP contribution in [0, 0.1) is 11.3 Å². The van der Waals surface area contributed by atoms with Gasteiger partial charge in [-0.3, -0.25) is 14.4 Å². The van der Waals surface area contributed by atoms with E-state index in [1.807, 2.05) is 13.8 Å². The summed E-state index contributed by atoms with van der Waals surface area (Å²) in [6, 6.07) is 0. The van der Waals surface area contributed by atoms with Crippen LogP contribution in [-0.2, 0) is 28.6 Å².